The van der Waals surface area contributed by atoms with E-state index in [1.165, 1.54) is 94.9 Å². The van der Waals surface area contributed by atoms with Crippen LogP contribution < -0.4 is 31.1 Å². The van der Waals surface area contributed by atoms with Crippen LogP contribution >= 0.6 is 0 Å². The second kappa shape index (κ2) is 17.1. The van der Waals surface area contributed by atoms with Crippen molar-refractivity contribution < 1.29 is 0 Å². The van der Waals surface area contributed by atoms with Crippen LogP contribution in [0.25, 0.3) is 11.1 Å². The topological polar surface area (TPSA) is 9.72 Å². The minimum absolute atomic E-state index is 0.00580. The Kier molecular flexibility index (Phi) is 11.5. The lowest BCUT2D eigenvalue weighted by molar-refractivity contribution is 0.589. The van der Waals surface area contributed by atoms with Crippen molar-refractivity contribution in [3.8, 4) is 11.1 Å². The van der Waals surface area contributed by atoms with Crippen molar-refractivity contribution in [1.29, 1.82) is 0 Å². The first-order valence-corrected chi connectivity index (χ1v) is 27.5. The Morgan fingerprint density at radius 1 is 0.360 bits per heavy atom. The van der Waals surface area contributed by atoms with Crippen LogP contribution in [-0.2, 0) is 32.5 Å². The summed E-state index contributed by atoms with van der Waals surface area (Å²) < 4.78 is 0. The van der Waals surface area contributed by atoms with Crippen LogP contribution in [0.4, 0.5) is 51.2 Å². The molecule has 3 aliphatic rings. The van der Waals surface area contributed by atoms with Crippen molar-refractivity contribution in [2.24, 2.45) is 0 Å². The number of fused-ring (bicyclic) bond motifs is 7. The summed E-state index contributed by atoms with van der Waals surface area (Å²) >= 11 is 0. The molecule has 11 rings (SSSR count). The molecule has 0 radical (unpaired) electrons. The molecule has 0 unspecified atom stereocenters. The highest BCUT2D eigenvalue weighted by Gasteiger charge is 2.47. The van der Waals surface area contributed by atoms with Crippen LogP contribution in [0.3, 0.4) is 0 Å². The SMILES string of the molecule is CC(C)(C)c1ccc(N(c2ccc(C(C)(C)C)cc2)c2ccc3c(c2)N(c2ccc(C(C)(C)C)cc2)c2cc(C(C)(C)C)cc4c2B3c2cc(C(C)(C)C)ccc2N4c2cccc3c2C(C)(C)c2ccccc2-3)cc1. The van der Waals surface area contributed by atoms with E-state index in [1.54, 1.807) is 0 Å². The molecule has 380 valence electrons. The van der Waals surface area contributed by atoms with Crippen LogP contribution in [-0.4, -0.2) is 6.71 Å². The van der Waals surface area contributed by atoms with Crippen molar-refractivity contribution in [3.63, 3.8) is 0 Å². The molecule has 0 aromatic heterocycles. The molecule has 2 heterocycles. The van der Waals surface area contributed by atoms with Crippen LogP contribution in [0, 0.1) is 0 Å². The summed E-state index contributed by atoms with van der Waals surface area (Å²) in [5, 5.41) is 0. The van der Waals surface area contributed by atoms with Crippen LogP contribution in [0.5, 0.6) is 0 Å². The lowest BCUT2D eigenvalue weighted by Gasteiger charge is -2.46. The highest BCUT2D eigenvalue weighted by atomic mass is 15.2. The molecule has 0 N–H and O–H groups in total. The maximum absolute atomic E-state index is 2.67. The van der Waals surface area contributed by atoms with E-state index in [2.05, 4.69) is 296 Å². The van der Waals surface area contributed by atoms with Gasteiger partial charge in [-0.1, -0.05) is 209 Å². The zero-order valence-corrected chi connectivity index (χ0v) is 48.0. The Bertz CT molecular complexity index is 3470. The predicted octanol–water partition coefficient (Wildman–Crippen LogP) is 18.0. The molecule has 0 atom stereocenters. The van der Waals surface area contributed by atoms with Gasteiger partial charge < -0.3 is 14.7 Å². The number of hydrogen-bond donors (Lipinski definition) is 0. The second-order valence-electron chi connectivity index (χ2n) is 27.6. The summed E-state index contributed by atoms with van der Waals surface area (Å²) in [6.07, 6.45) is 0. The second-order valence-corrected chi connectivity index (χ2v) is 27.6. The van der Waals surface area contributed by atoms with Gasteiger partial charge in [0, 0.05) is 50.9 Å². The molecule has 0 saturated carbocycles. The van der Waals surface area contributed by atoms with E-state index >= 15 is 0 Å². The van der Waals surface area contributed by atoms with Gasteiger partial charge in [0.15, 0.2) is 0 Å². The Hall–Kier alpha value is -6.78. The van der Waals surface area contributed by atoms with Crippen molar-refractivity contribution in [3.05, 3.63) is 203 Å². The minimum atomic E-state index is -0.220. The maximum Gasteiger partial charge on any atom is 0.252 e. The molecule has 0 amide bonds. The van der Waals surface area contributed by atoms with Gasteiger partial charge in [-0.25, -0.2) is 0 Å². The molecule has 3 nitrogen and oxygen atoms in total. The third kappa shape index (κ3) is 8.43. The lowest BCUT2D eigenvalue weighted by atomic mass is 9.33. The van der Waals surface area contributed by atoms with E-state index in [9.17, 15) is 0 Å². The zero-order valence-electron chi connectivity index (χ0n) is 48.0. The van der Waals surface area contributed by atoms with Gasteiger partial charge >= 0.3 is 0 Å². The standard InChI is InChI=1S/C71H78BN3/c1-66(2,3)45-25-32-50(33-26-45)73(51-34-27-46(28-35-51)67(4,5)6)53-38-39-57-61(44-53)74(52-36-29-47(30-37-52)68(7,8)9)62-42-49(70(13,14)15)43-63-65(62)72(57)58-41-48(69(10,11)12)31-40-59(58)75(63)60-24-20-22-55-54-21-18-19-23-56(54)71(16,17)64(55)60/h18-44H,1-17H3. The van der Waals surface area contributed by atoms with Gasteiger partial charge in [0.1, 0.15) is 0 Å². The molecule has 75 heavy (non-hydrogen) atoms. The van der Waals surface area contributed by atoms with E-state index in [-0.39, 0.29) is 39.2 Å². The van der Waals surface area contributed by atoms with Gasteiger partial charge in [-0.2, -0.15) is 0 Å². The Morgan fingerprint density at radius 3 is 1.39 bits per heavy atom. The van der Waals surface area contributed by atoms with E-state index < -0.39 is 0 Å². The first-order chi connectivity index (χ1) is 35.1. The fourth-order valence-corrected chi connectivity index (χ4v) is 12.3. The molecule has 0 saturated heterocycles. The summed E-state index contributed by atoms with van der Waals surface area (Å²) in [5.74, 6) is 0. The molecule has 8 aromatic carbocycles. The van der Waals surface area contributed by atoms with Gasteiger partial charge in [0.2, 0.25) is 0 Å². The Morgan fingerprint density at radius 2 is 0.840 bits per heavy atom. The van der Waals surface area contributed by atoms with E-state index in [0.717, 1.165) is 22.7 Å². The minimum Gasteiger partial charge on any atom is -0.311 e. The molecular weight excluding hydrogens is 906 g/mol. The van der Waals surface area contributed by atoms with Crippen LogP contribution in [0.1, 0.15) is 157 Å². The van der Waals surface area contributed by atoms with Crippen molar-refractivity contribution in [2.45, 2.75) is 150 Å². The summed E-state index contributed by atoms with van der Waals surface area (Å²) in [5.41, 5.74) is 26.4. The quantitative estimate of drug-likeness (QED) is 0.159. The Labute approximate surface area is 450 Å². The fraction of sp³-hybridized carbons (Fsp3) is 0.324. The average Bonchev–Trinajstić information content (AvgIpc) is 3.60. The average molecular weight is 984 g/mol. The van der Waals surface area contributed by atoms with E-state index in [4.69, 9.17) is 0 Å². The fourth-order valence-electron chi connectivity index (χ4n) is 12.3. The predicted molar refractivity (Wildman–Crippen MR) is 326 cm³/mol. The Balaban J connectivity index is 1.23. The smallest absolute Gasteiger partial charge is 0.252 e. The molecule has 2 aliphatic heterocycles. The molecule has 0 spiro atoms. The number of hydrogen-bond acceptors (Lipinski definition) is 3. The van der Waals surface area contributed by atoms with Crippen molar-refractivity contribution >= 4 is 74.3 Å². The summed E-state index contributed by atoms with van der Waals surface area (Å²) in [7, 11) is 0. The monoisotopic (exact) mass is 984 g/mol. The number of anilines is 9. The molecule has 1 aliphatic carbocycles. The number of nitrogens with zero attached hydrogens (tertiary/aromatic N) is 3. The molecular formula is C71H78BN3. The first-order valence-electron chi connectivity index (χ1n) is 27.5. The summed E-state index contributed by atoms with van der Waals surface area (Å²) in [6, 6.07) is 64.0. The molecule has 4 heteroatoms. The van der Waals surface area contributed by atoms with Gasteiger partial charge in [0.05, 0.1) is 5.69 Å². The highest BCUT2D eigenvalue weighted by molar-refractivity contribution is 7.00. The molecule has 0 fully saturated rings. The number of rotatable bonds is 5. The largest absolute Gasteiger partial charge is 0.311 e. The summed E-state index contributed by atoms with van der Waals surface area (Å²) in [6.45, 7) is 39.7. The maximum atomic E-state index is 2.67. The van der Waals surface area contributed by atoms with Crippen molar-refractivity contribution in [1.82, 2.24) is 0 Å². The third-order valence-electron chi connectivity index (χ3n) is 16.8. The summed E-state index contributed by atoms with van der Waals surface area (Å²) in [4.78, 5) is 7.76. The third-order valence-corrected chi connectivity index (χ3v) is 16.8. The number of benzene rings is 8. The lowest BCUT2D eigenvalue weighted by Crippen LogP contribution is -2.61. The normalized spacial score (nSPS) is 14.8. The van der Waals surface area contributed by atoms with Gasteiger partial charge in [-0.05, 0) is 166 Å². The molecule has 0 bridgehead atoms. The van der Waals surface area contributed by atoms with Crippen molar-refractivity contribution in [2.75, 3.05) is 14.7 Å². The first kappa shape index (κ1) is 50.4. The van der Waals surface area contributed by atoms with E-state index in [1.807, 2.05) is 0 Å². The van der Waals surface area contributed by atoms with Gasteiger partial charge in [0.25, 0.3) is 6.71 Å². The van der Waals surface area contributed by atoms with E-state index in [0.29, 0.717) is 0 Å². The van der Waals surface area contributed by atoms with Gasteiger partial charge in [-0.15, -0.1) is 0 Å². The van der Waals surface area contributed by atoms with Gasteiger partial charge in [-0.3, -0.25) is 0 Å². The van der Waals surface area contributed by atoms with Crippen LogP contribution in [0.2, 0.25) is 0 Å². The highest BCUT2D eigenvalue weighted by Crippen LogP contribution is 2.56. The van der Waals surface area contributed by atoms with Crippen LogP contribution in [0.15, 0.2) is 164 Å². The molecule has 8 aromatic rings. The zero-order chi connectivity index (χ0) is 53.5.